The van der Waals surface area contributed by atoms with E-state index in [0.29, 0.717) is 17.7 Å². The Balaban J connectivity index is 1.07. The van der Waals surface area contributed by atoms with Crippen molar-refractivity contribution < 1.29 is 14.3 Å². The second kappa shape index (κ2) is 8.20. The molecule has 3 heterocycles. The summed E-state index contributed by atoms with van der Waals surface area (Å²) in [6.07, 6.45) is 1.83. The van der Waals surface area contributed by atoms with E-state index in [1.54, 1.807) is 12.1 Å². The summed E-state index contributed by atoms with van der Waals surface area (Å²) in [6.45, 7) is 7.32. The average molecular weight is 405 g/mol. The zero-order valence-corrected chi connectivity index (χ0v) is 17.2. The highest BCUT2D eigenvalue weighted by atomic mass is 16.5. The van der Waals surface area contributed by atoms with Crippen LogP contribution in [0.2, 0.25) is 0 Å². The molecular formula is C24H27N3O3. The molecule has 1 saturated heterocycles. The van der Waals surface area contributed by atoms with Gasteiger partial charge >= 0.3 is 0 Å². The van der Waals surface area contributed by atoms with E-state index < -0.39 is 0 Å². The molecule has 0 spiro atoms. The number of benzene rings is 2. The van der Waals surface area contributed by atoms with Crippen LogP contribution in [-0.4, -0.2) is 72.4 Å². The van der Waals surface area contributed by atoms with Crippen LogP contribution in [0.1, 0.15) is 38.3 Å². The van der Waals surface area contributed by atoms with Gasteiger partial charge in [-0.25, -0.2) is 0 Å². The number of rotatable bonds is 6. The molecule has 2 aromatic rings. The molecule has 6 heteroatoms. The fraction of sp³-hybridized carbons (Fsp3) is 0.417. The minimum atomic E-state index is -0.153. The molecule has 3 aliphatic heterocycles. The van der Waals surface area contributed by atoms with E-state index in [0.717, 1.165) is 64.5 Å². The molecule has 0 saturated carbocycles. The number of nitrogens with zero attached hydrogens (tertiary/aromatic N) is 3. The van der Waals surface area contributed by atoms with Crippen molar-refractivity contribution in [1.82, 2.24) is 14.7 Å². The summed E-state index contributed by atoms with van der Waals surface area (Å²) >= 11 is 0. The fourth-order valence-electron chi connectivity index (χ4n) is 4.66. The maximum Gasteiger partial charge on any atom is 0.261 e. The molecule has 156 valence electrons. The summed E-state index contributed by atoms with van der Waals surface area (Å²) in [5.74, 6) is 0.738. The first-order chi connectivity index (χ1) is 14.7. The highest BCUT2D eigenvalue weighted by Gasteiger charge is 2.34. The van der Waals surface area contributed by atoms with Gasteiger partial charge in [-0.2, -0.15) is 0 Å². The van der Waals surface area contributed by atoms with E-state index >= 15 is 0 Å². The van der Waals surface area contributed by atoms with Gasteiger partial charge in [-0.05, 0) is 42.3 Å². The Labute approximate surface area is 177 Å². The highest BCUT2D eigenvalue weighted by Crippen LogP contribution is 2.26. The van der Waals surface area contributed by atoms with Crippen molar-refractivity contribution in [3.05, 3.63) is 64.7 Å². The molecule has 3 aliphatic rings. The van der Waals surface area contributed by atoms with Gasteiger partial charge in [0.25, 0.3) is 11.8 Å². The quantitative estimate of drug-likeness (QED) is 0.691. The summed E-state index contributed by atoms with van der Waals surface area (Å²) in [6, 6.07) is 13.7. The number of hydrogen-bond acceptors (Lipinski definition) is 5. The van der Waals surface area contributed by atoms with E-state index in [2.05, 4.69) is 28.0 Å². The third-order valence-electron chi connectivity index (χ3n) is 6.36. The molecule has 1 fully saturated rings. The van der Waals surface area contributed by atoms with Crippen molar-refractivity contribution in [3.8, 4) is 5.75 Å². The molecule has 6 nitrogen and oxygen atoms in total. The van der Waals surface area contributed by atoms with Crippen molar-refractivity contribution in [2.24, 2.45) is 0 Å². The SMILES string of the molecule is O=C1c2ccccc2C(=O)N1CCCN1CCN(Cc2ccc3c(c2)CCO3)CC1. The molecule has 0 radical (unpaired) electrons. The van der Waals surface area contributed by atoms with Crippen LogP contribution in [0.25, 0.3) is 0 Å². The van der Waals surface area contributed by atoms with Gasteiger partial charge in [-0.3, -0.25) is 19.4 Å². The second-order valence-corrected chi connectivity index (χ2v) is 8.32. The van der Waals surface area contributed by atoms with E-state index in [-0.39, 0.29) is 11.8 Å². The van der Waals surface area contributed by atoms with Crippen LogP contribution >= 0.6 is 0 Å². The van der Waals surface area contributed by atoms with Gasteiger partial charge in [0.05, 0.1) is 17.7 Å². The Hall–Kier alpha value is -2.70. The van der Waals surface area contributed by atoms with Crippen molar-refractivity contribution in [1.29, 1.82) is 0 Å². The smallest absolute Gasteiger partial charge is 0.261 e. The van der Waals surface area contributed by atoms with E-state index in [1.165, 1.54) is 16.0 Å². The zero-order valence-electron chi connectivity index (χ0n) is 17.2. The summed E-state index contributed by atoms with van der Waals surface area (Å²) in [4.78, 5) is 31.2. The molecule has 2 amide bonds. The van der Waals surface area contributed by atoms with Crippen LogP contribution in [0.5, 0.6) is 5.75 Å². The van der Waals surface area contributed by atoms with Gasteiger partial charge < -0.3 is 9.64 Å². The molecule has 5 rings (SSSR count). The number of imide groups is 1. The summed E-state index contributed by atoms with van der Waals surface area (Å²) < 4.78 is 5.60. The van der Waals surface area contributed by atoms with Crippen molar-refractivity contribution >= 4 is 11.8 Å². The molecule has 30 heavy (non-hydrogen) atoms. The van der Waals surface area contributed by atoms with E-state index in [4.69, 9.17) is 4.74 Å². The number of hydrogen-bond donors (Lipinski definition) is 0. The Morgan fingerprint density at radius 2 is 1.53 bits per heavy atom. The highest BCUT2D eigenvalue weighted by molar-refractivity contribution is 6.21. The summed E-state index contributed by atoms with van der Waals surface area (Å²) in [5.41, 5.74) is 3.76. The lowest BCUT2D eigenvalue weighted by Gasteiger charge is -2.35. The van der Waals surface area contributed by atoms with E-state index in [1.807, 2.05) is 12.1 Å². The van der Waals surface area contributed by atoms with Crippen LogP contribution in [-0.2, 0) is 13.0 Å². The van der Waals surface area contributed by atoms with Gasteiger partial charge in [0.2, 0.25) is 0 Å². The first kappa shape index (κ1) is 19.3. The summed E-state index contributed by atoms with van der Waals surface area (Å²) in [7, 11) is 0. The molecule has 0 N–H and O–H groups in total. The van der Waals surface area contributed by atoms with Gasteiger partial charge in [0, 0.05) is 45.7 Å². The predicted octanol–water partition coefficient (Wildman–Crippen LogP) is 2.43. The van der Waals surface area contributed by atoms with Gasteiger partial charge in [0.15, 0.2) is 0 Å². The first-order valence-electron chi connectivity index (χ1n) is 10.8. The normalized spacial score (nSPS) is 19.1. The molecule has 0 aliphatic carbocycles. The second-order valence-electron chi connectivity index (χ2n) is 8.32. The number of fused-ring (bicyclic) bond motifs is 2. The topological polar surface area (TPSA) is 53.1 Å². The Bertz CT molecular complexity index is 931. The third kappa shape index (κ3) is 3.73. The molecule has 2 aromatic carbocycles. The predicted molar refractivity (Wildman–Crippen MR) is 114 cm³/mol. The minimum absolute atomic E-state index is 0.153. The van der Waals surface area contributed by atoms with Crippen LogP contribution in [0.3, 0.4) is 0 Å². The van der Waals surface area contributed by atoms with Gasteiger partial charge in [0.1, 0.15) is 5.75 Å². The summed E-state index contributed by atoms with van der Waals surface area (Å²) in [5, 5.41) is 0. The molecular weight excluding hydrogens is 378 g/mol. The van der Waals surface area contributed by atoms with Crippen molar-refractivity contribution in [2.75, 3.05) is 45.9 Å². The Morgan fingerprint density at radius 1 is 0.833 bits per heavy atom. The molecule has 0 aromatic heterocycles. The van der Waals surface area contributed by atoms with Crippen LogP contribution < -0.4 is 4.74 Å². The molecule has 0 bridgehead atoms. The monoisotopic (exact) mass is 405 g/mol. The van der Waals surface area contributed by atoms with Gasteiger partial charge in [-0.1, -0.05) is 24.3 Å². The Kier molecular flexibility index (Phi) is 5.27. The number of amides is 2. The lowest BCUT2D eigenvalue weighted by Crippen LogP contribution is -2.46. The largest absolute Gasteiger partial charge is 0.493 e. The lowest BCUT2D eigenvalue weighted by atomic mass is 10.1. The molecule has 0 atom stereocenters. The number of ether oxygens (including phenoxy) is 1. The number of piperazine rings is 1. The average Bonchev–Trinajstić information content (AvgIpc) is 3.33. The number of carbonyl (C=O) groups excluding carboxylic acids is 2. The van der Waals surface area contributed by atoms with Crippen LogP contribution in [0.15, 0.2) is 42.5 Å². The third-order valence-corrected chi connectivity index (χ3v) is 6.36. The van der Waals surface area contributed by atoms with E-state index in [9.17, 15) is 9.59 Å². The number of carbonyl (C=O) groups is 2. The first-order valence-corrected chi connectivity index (χ1v) is 10.8. The van der Waals surface area contributed by atoms with Gasteiger partial charge in [-0.15, -0.1) is 0 Å². The fourth-order valence-corrected chi connectivity index (χ4v) is 4.66. The maximum atomic E-state index is 12.5. The van der Waals surface area contributed by atoms with Crippen LogP contribution in [0, 0.1) is 0 Å². The van der Waals surface area contributed by atoms with Crippen LogP contribution in [0.4, 0.5) is 0 Å². The Morgan fingerprint density at radius 3 is 2.27 bits per heavy atom. The molecule has 0 unspecified atom stereocenters. The maximum absolute atomic E-state index is 12.5. The lowest BCUT2D eigenvalue weighted by molar-refractivity contribution is 0.0640. The minimum Gasteiger partial charge on any atom is -0.493 e. The standard InChI is InChI=1S/C24H27N3O3/c28-23-20-4-1-2-5-21(20)24(29)27(23)10-3-9-25-11-13-26(14-12-25)17-18-6-7-22-19(16-18)8-15-30-22/h1-2,4-7,16H,3,8-15,17H2. The van der Waals surface area contributed by atoms with Crippen molar-refractivity contribution in [3.63, 3.8) is 0 Å². The van der Waals surface area contributed by atoms with Crippen molar-refractivity contribution in [2.45, 2.75) is 19.4 Å². The zero-order chi connectivity index (χ0) is 20.5.